The zero-order valence-corrected chi connectivity index (χ0v) is 12.4. The summed E-state index contributed by atoms with van der Waals surface area (Å²) in [5.41, 5.74) is 1.97. The molecule has 0 aliphatic carbocycles. The fourth-order valence-corrected chi connectivity index (χ4v) is 2.42. The van der Waals surface area contributed by atoms with Crippen LogP contribution >= 0.6 is 23.2 Å². The molecule has 1 aromatic carbocycles. The predicted octanol–water partition coefficient (Wildman–Crippen LogP) is 5.10. The molecule has 0 heterocycles. The molecule has 0 fully saturated rings. The van der Waals surface area contributed by atoms with Crippen molar-refractivity contribution in [1.29, 1.82) is 0 Å². The molecular formula is C14H20Cl2O. The first kappa shape index (κ1) is 14.7. The average Bonchev–Trinajstić information content (AvgIpc) is 2.20. The van der Waals surface area contributed by atoms with Crippen molar-refractivity contribution in [3.05, 3.63) is 27.2 Å². The lowest BCUT2D eigenvalue weighted by molar-refractivity contribution is 0.473. The molecule has 0 spiro atoms. The average molecular weight is 275 g/mol. The maximum Gasteiger partial charge on any atom is 0.153 e. The second-order valence-corrected chi connectivity index (χ2v) is 6.12. The van der Waals surface area contributed by atoms with Crippen molar-refractivity contribution in [2.45, 2.75) is 40.5 Å². The lowest BCUT2D eigenvalue weighted by Gasteiger charge is -2.15. The lowest BCUT2D eigenvalue weighted by Crippen LogP contribution is -2.01. The first-order valence-electron chi connectivity index (χ1n) is 6.01. The highest BCUT2D eigenvalue weighted by atomic mass is 35.5. The highest BCUT2D eigenvalue weighted by molar-refractivity contribution is 6.38. The van der Waals surface area contributed by atoms with E-state index in [4.69, 9.17) is 23.2 Å². The van der Waals surface area contributed by atoms with Crippen LogP contribution in [0.15, 0.2) is 6.07 Å². The Morgan fingerprint density at radius 3 is 1.59 bits per heavy atom. The molecule has 0 saturated heterocycles. The summed E-state index contributed by atoms with van der Waals surface area (Å²) in [7, 11) is 0. The van der Waals surface area contributed by atoms with E-state index in [9.17, 15) is 5.11 Å². The van der Waals surface area contributed by atoms with Crippen LogP contribution in [0.25, 0.3) is 0 Å². The molecule has 1 rings (SSSR count). The third kappa shape index (κ3) is 3.79. The van der Waals surface area contributed by atoms with E-state index >= 15 is 0 Å². The summed E-state index contributed by atoms with van der Waals surface area (Å²) in [5, 5.41) is 10.7. The van der Waals surface area contributed by atoms with Gasteiger partial charge in [-0.3, -0.25) is 0 Å². The van der Waals surface area contributed by atoms with E-state index in [2.05, 4.69) is 27.7 Å². The summed E-state index contributed by atoms with van der Waals surface area (Å²) < 4.78 is 0. The van der Waals surface area contributed by atoms with Crippen molar-refractivity contribution in [2.24, 2.45) is 11.8 Å². The number of phenols is 1. The number of phenolic OH excluding ortho intramolecular Hbond substituents is 1. The van der Waals surface area contributed by atoms with E-state index in [1.54, 1.807) is 0 Å². The molecule has 0 aliphatic heterocycles. The summed E-state index contributed by atoms with van der Waals surface area (Å²) in [4.78, 5) is 0. The number of hydrogen-bond donors (Lipinski definition) is 1. The number of aromatic hydroxyl groups is 1. The number of rotatable bonds is 4. The van der Waals surface area contributed by atoms with Gasteiger partial charge in [0.1, 0.15) is 0 Å². The van der Waals surface area contributed by atoms with Gasteiger partial charge in [-0.2, -0.15) is 0 Å². The predicted molar refractivity (Wildman–Crippen MR) is 75.2 cm³/mol. The fraction of sp³-hybridized carbons (Fsp3) is 0.571. The molecule has 0 aliphatic rings. The minimum atomic E-state index is 0.0298. The summed E-state index contributed by atoms with van der Waals surface area (Å²) in [6, 6.07) is 2.03. The molecular weight excluding hydrogens is 255 g/mol. The van der Waals surface area contributed by atoms with Gasteiger partial charge in [0.15, 0.2) is 5.75 Å². The van der Waals surface area contributed by atoms with Crippen LogP contribution in [0.3, 0.4) is 0 Å². The highest BCUT2D eigenvalue weighted by Crippen LogP contribution is 2.39. The molecule has 1 nitrogen and oxygen atoms in total. The zero-order valence-electron chi connectivity index (χ0n) is 10.8. The van der Waals surface area contributed by atoms with E-state index in [0.717, 1.165) is 24.0 Å². The van der Waals surface area contributed by atoms with E-state index in [1.165, 1.54) is 0 Å². The smallest absolute Gasteiger partial charge is 0.153 e. The minimum absolute atomic E-state index is 0.0298. The third-order valence-corrected chi connectivity index (χ3v) is 3.43. The molecule has 0 saturated carbocycles. The van der Waals surface area contributed by atoms with Gasteiger partial charge >= 0.3 is 0 Å². The van der Waals surface area contributed by atoms with Gasteiger partial charge < -0.3 is 5.11 Å². The van der Waals surface area contributed by atoms with Crippen LogP contribution in [0.5, 0.6) is 5.75 Å². The van der Waals surface area contributed by atoms with Gasteiger partial charge in [-0.1, -0.05) is 57.0 Å². The van der Waals surface area contributed by atoms with Crippen LogP contribution in [-0.2, 0) is 12.8 Å². The Hall–Kier alpha value is -0.400. The molecule has 0 amide bonds. The van der Waals surface area contributed by atoms with Gasteiger partial charge in [0.25, 0.3) is 0 Å². The number of hydrogen-bond acceptors (Lipinski definition) is 1. The van der Waals surface area contributed by atoms with Crippen molar-refractivity contribution in [3.8, 4) is 5.75 Å². The van der Waals surface area contributed by atoms with Crippen molar-refractivity contribution < 1.29 is 5.11 Å². The molecule has 1 aromatic rings. The summed E-state index contributed by atoms with van der Waals surface area (Å²) >= 11 is 12.2. The van der Waals surface area contributed by atoms with Crippen LogP contribution < -0.4 is 0 Å². The Balaban J connectivity index is 3.19. The van der Waals surface area contributed by atoms with E-state index in [-0.39, 0.29) is 5.75 Å². The molecule has 0 atom stereocenters. The van der Waals surface area contributed by atoms with Gasteiger partial charge in [0.05, 0.1) is 10.0 Å². The van der Waals surface area contributed by atoms with E-state index in [1.807, 2.05) is 6.07 Å². The molecule has 0 aromatic heterocycles. The van der Waals surface area contributed by atoms with Crippen LogP contribution in [0.2, 0.25) is 10.0 Å². The Bertz CT molecular complexity index is 363. The summed E-state index contributed by atoms with van der Waals surface area (Å²) in [6.07, 6.45) is 1.71. The molecule has 1 N–H and O–H groups in total. The van der Waals surface area contributed by atoms with Crippen LogP contribution in [0, 0.1) is 11.8 Å². The van der Waals surface area contributed by atoms with Crippen molar-refractivity contribution >= 4 is 23.2 Å². The van der Waals surface area contributed by atoms with Gasteiger partial charge in [-0.15, -0.1) is 0 Å². The second-order valence-electron chi connectivity index (χ2n) is 5.37. The van der Waals surface area contributed by atoms with Crippen molar-refractivity contribution in [1.82, 2.24) is 0 Å². The number of halogens is 2. The Labute approximate surface area is 114 Å². The van der Waals surface area contributed by atoms with Gasteiger partial charge in [-0.05, 0) is 35.8 Å². The first-order valence-corrected chi connectivity index (χ1v) is 6.77. The summed E-state index contributed by atoms with van der Waals surface area (Å²) in [5.74, 6) is 1.03. The van der Waals surface area contributed by atoms with Gasteiger partial charge in [0.2, 0.25) is 0 Å². The van der Waals surface area contributed by atoms with Crippen molar-refractivity contribution in [2.75, 3.05) is 0 Å². The van der Waals surface area contributed by atoms with E-state index in [0.29, 0.717) is 21.9 Å². The largest absolute Gasteiger partial charge is 0.505 e. The standard InChI is InChI=1S/C14H20Cl2O/c1-8(2)5-10-7-11(6-9(3)4)13(16)14(17)12(10)15/h7-9,17H,5-6H2,1-4H3. The highest BCUT2D eigenvalue weighted by Gasteiger charge is 2.16. The SMILES string of the molecule is CC(C)Cc1cc(CC(C)C)c(Cl)c(O)c1Cl. The van der Waals surface area contributed by atoms with Crippen LogP contribution in [0.1, 0.15) is 38.8 Å². The minimum Gasteiger partial charge on any atom is -0.505 e. The third-order valence-electron chi connectivity index (χ3n) is 2.58. The molecule has 0 unspecified atom stereocenters. The van der Waals surface area contributed by atoms with Gasteiger partial charge in [0, 0.05) is 0 Å². The normalized spacial score (nSPS) is 11.5. The maximum absolute atomic E-state index is 9.93. The first-order chi connectivity index (χ1) is 7.82. The van der Waals surface area contributed by atoms with Crippen LogP contribution in [-0.4, -0.2) is 5.11 Å². The Morgan fingerprint density at radius 1 is 0.941 bits per heavy atom. The van der Waals surface area contributed by atoms with Gasteiger partial charge in [-0.25, -0.2) is 0 Å². The molecule has 96 valence electrons. The number of benzene rings is 1. The monoisotopic (exact) mass is 274 g/mol. The zero-order chi connectivity index (χ0) is 13.2. The Morgan fingerprint density at radius 2 is 1.29 bits per heavy atom. The maximum atomic E-state index is 9.93. The van der Waals surface area contributed by atoms with Crippen LogP contribution in [0.4, 0.5) is 0 Å². The van der Waals surface area contributed by atoms with Crippen molar-refractivity contribution in [3.63, 3.8) is 0 Å². The van der Waals surface area contributed by atoms with E-state index < -0.39 is 0 Å². The molecule has 3 heteroatoms. The molecule has 0 radical (unpaired) electrons. The molecule has 0 bridgehead atoms. The topological polar surface area (TPSA) is 20.2 Å². The quantitative estimate of drug-likeness (QED) is 0.810. The fourth-order valence-electron chi connectivity index (χ4n) is 1.91. The summed E-state index contributed by atoms with van der Waals surface area (Å²) in [6.45, 7) is 8.52. The second kappa shape index (κ2) is 5.97. The lowest BCUT2D eigenvalue weighted by atomic mass is 9.96. The Kier molecular flexibility index (Phi) is 5.15. The molecule has 17 heavy (non-hydrogen) atoms.